The Hall–Kier alpha value is -0.0400. The second kappa shape index (κ2) is 7.29. The molecule has 5 heteroatoms. The summed E-state index contributed by atoms with van der Waals surface area (Å²) in [6, 6.07) is 1.15. The van der Waals surface area contributed by atoms with Crippen LogP contribution in [0.15, 0.2) is 4.99 Å². The lowest BCUT2D eigenvalue weighted by Gasteiger charge is -2.22. The number of hydrogen-bond acceptors (Lipinski definition) is 2. The molecule has 1 saturated heterocycles. The summed E-state index contributed by atoms with van der Waals surface area (Å²) in [6.45, 7) is 12.6. The number of hydrogen-bond donors (Lipinski definition) is 2. The average molecular weight is 394 g/mol. The molecule has 4 nitrogen and oxygen atoms in total. The van der Waals surface area contributed by atoms with Crippen molar-refractivity contribution in [1.29, 1.82) is 0 Å². The zero-order valence-corrected chi connectivity index (χ0v) is 15.9. The molecule has 2 N–H and O–H groups in total. The fraction of sp³-hybridized carbons (Fsp3) is 0.933. The number of halogens is 1. The second-order valence-corrected chi connectivity index (χ2v) is 7.01. The Kier molecular flexibility index (Phi) is 6.57. The van der Waals surface area contributed by atoms with Gasteiger partial charge in [-0.3, -0.25) is 9.89 Å². The van der Waals surface area contributed by atoms with Gasteiger partial charge in [0, 0.05) is 38.8 Å². The van der Waals surface area contributed by atoms with Gasteiger partial charge in [0.1, 0.15) is 0 Å². The minimum Gasteiger partial charge on any atom is -0.356 e. The highest BCUT2D eigenvalue weighted by Crippen LogP contribution is 2.43. The molecule has 2 fully saturated rings. The quantitative estimate of drug-likeness (QED) is 0.437. The van der Waals surface area contributed by atoms with Crippen LogP contribution in [-0.2, 0) is 0 Å². The Morgan fingerprint density at radius 1 is 1.35 bits per heavy atom. The minimum atomic E-state index is 0. The minimum absolute atomic E-state index is 0. The van der Waals surface area contributed by atoms with E-state index in [0.29, 0.717) is 23.4 Å². The number of nitrogens with zero attached hydrogens (tertiary/aromatic N) is 2. The van der Waals surface area contributed by atoms with Crippen LogP contribution in [0.5, 0.6) is 0 Å². The Morgan fingerprint density at radius 2 is 2.00 bits per heavy atom. The van der Waals surface area contributed by atoms with Gasteiger partial charge < -0.3 is 10.6 Å². The third-order valence-corrected chi connectivity index (χ3v) is 4.70. The van der Waals surface area contributed by atoms with E-state index in [4.69, 9.17) is 0 Å². The molecule has 0 aromatic carbocycles. The van der Waals surface area contributed by atoms with Gasteiger partial charge in [0.2, 0.25) is 0 Å². The van der Waals surface area contributed by atoms with Crippen LogP contribution in [0.25, 0.3) is 0 Å². The molecule has 2 rings (SSSR count). The maximum atomic E-state index is 4.36. The summed E-state index contributed by atoms with van der Waals surface area (Å²) in [5, 5.41) is 7.08. The number of likely N-dealkylation sites (tertiary alicyclic amines) is 1. The van der Waals surface area contributed by atoms with Crippen LogP contribution in [0.3, 0.4) is 0 Å². The van der Waals surface area contributed by atoms with E-state index in [0.717, 1.165) is 19.0 Å². The second-order valence-electron chi connectivity index (χ2n) is 7.01. The van der Waals surface area contributed by atoms with E-state index in [2.05, 4.69) is 48.2 Å². The van der Waals surface area contributed by atoms with Gasteiger partial charge in [-0.05, 0) is 38.0 Å². The summed E-state index contributed by atoms with van der Waals surface area (Å²) in [6.07, 6.45) is 2.69. The molecular formula is C15H31IN4. The van der Waals surface area contributed by atoms with E-state index >= 15 is 0 Å². The van der Waals surface area contributed by atoms with Gasteiger partial charge in [-0.25, -0.2) is 0 Å². The van der Waals surface area contributed by atoms with Crippen LogP contribution in [0, 0.1) is 11.3 Å². The van der Waals surface area contributed by atoms with Crippen LogP contribution >= 0.6 is 24.0 Å². The molecule has 2 unspecified atom stereocenters. The molecule has 1 heterocycles. The summed E-state index contributed by atoms with van der Waals surface area (Å²) in [7, 11) is 1.87. The summed E-state index contributed by atoms with van der Waals surface area (Å²) in [5.41, 5.74) is 0.517. The zero-order valence-electron chi connectivity index (χ0n) is 13.6. The summed E-state index contributed by atoms with van der Waals surface area (Å²) in [5.74, 6) is 1.65. The number of nitrogens with one attached hydrogen (secondary N) is 2. The summed E-state index contributed by atoms with van der Waals surface area (Å²) >= 11 is 0. The van der Waals surface area contributed by atoms with Crippen molar-refractivity contribution >= 4 is 29.9 Å². The Morgan fingerprint density at radius 3 is 2.45 bits per heavy atom. The lowest BCUT2D eigenvalue weighted by atomic mass is 10.1. The SMILES string of the molecule is CN=C(NCC1(C)CC1)NC1CN(C(C)C)CC1C.I. The van der Waals surface area contributed by atoms with Crippen molar-refractivity contribution in [2.75, 3.05) is 26.7 Å². The van der Waals surface area contributed by atoms with Crippen LogP contribution in [-0.4, -0.2) is 49.6 Å². The van der Waals surface area contributed by atoms with Crippen molar-refractivity contribution in [3.63, 3.8) is 0 Å². The molecule has 2 aliphatic rings. The first-order valence-electron chi connectivity index (χ1n) is 7.65. The lowest BCUT2D eigenvalue weighted by Crippen LogP contribution is -2.47. The fourth-order valence-corrected chi connectivity index (χ4v) is 2.67. The molecule has 0 radical (unpaired) electrons. The van der Waals surface area contributed by atoms with Crippen LogP contribution in [0.1, 0.15) is 40.5 Å². The Balaban J connectivity index is 0.00000200. The topological polar surface area (TPSA) is 39.7 Å². The maximum absolute atomic E-state index is 4.36. The number of aliphatic imine (C=N–C) groups is 1. The van der Waals surface area contributed by atoms with Crippen molar-refractivity contribution in [1.82, 2.24) is 15.5 Å². The van der Waals surface area contributed by atoms with E-state index in [-0.39, 0.29) is 24.0 Å². The lowest BCUT2D eigenvalue weighted by molar-refractivity contribution is 0.265. The predicted molar refractivity (Wildman–Crippen MR) is 96.9 cm³/mol. The first kappa shape index (κ1) is 18.0. The summed E-state index contributed by atoms with van der Waals surface area (Å²) in [4.78, 5) is 6.90. The fourth-order valence-electron chi connectivity index (χ4n) is 2.67. The molecule has 0 amide bonds. The first-order valence-corrected chi connectivity index (χ1v) is 7.65. The molecule has 0 aromatic rings. The molecule has 1 aliphatic carbocycles. The molecule has 1 saturated carbocycles. The van der Waals surface area contributed by atoms with Gasteiger partial charge in [-0.2, -0.15) is 0 Å². The third-order valence-electron chi connectivity index (χ3n) is 4.70. The molecule has 20 heavy (non-hydrogen) atoms. The van der Waals surface area contributed by atoms with Crippen molar-refractivity contribution in [3.05, 3.63) is 0 Å². The largest absolute Gasteiger partial charge is 0.356 e. The maximum Gasteiger partial charge on any atom is 0.191 e. The molecule has 0 spiro atoms. The van der Waals surface area contributed by atoms with Crippen molar-refractivity contribution in [2.24, 2.45) is 16.3 Å². The van der Waals surface area contributed by atoms with Crippen molar-refractivity contribution in [3.8, 4) is 0 Å². The highest BCUT2D eigenvalue weighted by molar-refractivity contribution is 14.0. The number of guanidine groups is 1. The Bertz CT molecular complexity index is 339. The molecule has 118 valence electrons. The van der Waals surface area contributed by atoms with E-state index in [9.17, 15) is 0 Å². The van der Waals surface area contributed by atoms with Crippen molar-refractivity contribution in [2.45, 2.75) is 52.6 Å². The predicted octanol–water partition coefficient (Wildman–Crippen LogP) is 2.30. The van der Waals surface area contributed by atoms with E-state index in [1.165, 1.54) is 19.4 Å². The highest BCUT2D eigenvalue weighted by Gasteiger charge is 2.37. The monoisotopic (exact) mass is 394 g/mol. The standard InChI is InChI=1S/C15H30N4.HI/c1-11(2)19-8-12(3)13(9-19)18-14(16-5)17-10-15(4)6-7-15;/h11-13H,6-10H2,1-5H3,(H2,16,17,18);1H. The van der Waals surface area contributed by atoms with Gasteiger partial charge in [0.15, 0.2) is 5.96 Å². The smallest absolute Gasteiger partial charge is 0.191 e. The van der Waals surface area contributed by atoms with Gasteiger partial charge >= 0.3 is 0 Å². The van der Waals surface area contributed by atoms with Gasteiger partial charge in [0.25, 0.3) is 0 Å². The van der Waals surface area contributed by atoms with E-state index in [1.54, 1.807) is 0 Å². The molecule has 2 atom stereocenters. The highest BCUT2D eigenvalue weighted by atomic mass is 127. The average Bonchev–Trinajstić information content (AvgIpc) is 2.98. The first-order chi connectivity index (χ1) is 8.93. The molecule has 0 bridgehead atoms. The van der Waals surface area contributed by atoms with Gasteiger partial charge in [-0.1, -0.05) is 13.8 Å². The normalized spacial score (nSPS) is 29.2. The zero-order chi connectivity index (χ0) is 14.0. The van der Waals surface area contributed by atoms with Gasteiger partial charge in [0.05, 0.1) is 0 Å². The van der Waals surface area contributed by atoms with E-state index < -0.39 is 0 Å². The van der Waals surface area contributed by atoms with Crippen LogP contribution in [0.2, 0.25) is 0 Å². The Labute approximate surface area is 141 Å². The number of rotatable bonds is 4. The molecule has 0 aromatic heterocycles. The van der Waals surface area contributed by atoms with E-state index in [1.807, 2.05) is 7.05 Å². The van der Waals surface area contributed by atoms with Crippen molar-refractivity contribution < 1.29 is 0 Å². The van der Waals surface area contributed by atoms with Crippen LogP contribution < -0.4 is 10.6 Å². The van der Waals surface area contributed by atoms with Crippen LogP contribution in [0.4, 0.5) is 0 Å². The molecule has 1 aliphatic heterocycles. The van der Waals surface area contributed by atoms with Gasteiger partial charge in [-0.15, -0.1) is 24.0 Å². The molecular weight excluding hydrogens is 363 g/mol. The third kappa shape index (κ3) is 4.76. The summed E-state index contributed by atoms with van der Waals surface area (Å²) < 4.78 is 0.